The summed E-state index contributed by atoms with van der Waals surface area (Å²) >= 11 is 1.29. The zero-order valence-corrected chi connectivity index (χ0v) is 16.7. The summed E-state index contributed by atoms with van der Waals surface area (Å²) in [6.45, 7) is 1.76. The smallest absolute Gasteiger partial charge is 0.312 e. The fourth-order valence-electron chi connectivity index (χ4n) is 3.25. The summed E-state index contributed by atoms with van der Waals surface area (Å²) in [5.41, 5.74) is 0.250. The Morgan fingerprint density at radius 2 is 1.87 bits per heavy atom. The highest BCUT2D eigenvalue weighted by atomic mass is 32.2. The first kappa shape index (κ1) is 20.1. The van der Waals surface area contributed by atoms with Crippen LogP contribution in [0.1, 0.15) is 24.8 Å². The average Bonchev–Trinajstić information content (AvgIpc) is 3.11. The number of hydrogen-bond donors (Lipinski definition) is 0. The molecule has 1 amide bonds. The molecule has 4 rings (SSSR count). The molecular formula is C21H18FN3O4S. The van der Waals surface area contributed by atoms with Crippen LogP contribution in [-0.2, 0) is 4.79 Å². The van der Waals surface area contributed by atoms with Gasteiger partial charge in [0.1, 0.15) is 11.6 Å². The maximum absolute atomic E-state index is 13.0. The summed E-state index contributed by atoms with van der Waals surface area (Å²) in [5.74, 6) is -0.449. The third-order valence-electron chi connectivity index (χ3n) is 4.75. The van der Waals surface area contributed by atoms with Crippen LogP contribution in [0.3, 0.4) is 0 Å². The molecule has 0 aliphatic carbocycles. The number of aliphatic imine (C=N–C) groups is 1. The molecule has 2 aromatic rings. The number of thioether (sulfide) groups is 1. The maximum atomic E-state index is 13.0. The van der Waals surface area contributed by atoms with E-state index in [0.717, 1.165) is 25.9 Å². The van der Waals surface area contributed by atoms with E-state index >= 15 is 0 Å². The number of benzene rings is 2. The van der Waals surface area contributed by atoms with Gasteiger partial charge in [0.25, 0.3) is 5.91 Å². The molecule has 0 aromatic heterocycles. The third kappa shape index (κ3) is 4.51. The summed E-state index contributed by atoms with van der Waals surface area (Å²) in [6, 6.07) is 9.64. The lowest BCUT2D eigenvalue weighted by Gasteiger charge is -2.27. The normalized spacial score (nSPS) is 17.9. The van der Waals surface area contributed by atoms with E-state index in [9.17, 15) is 19.3 Å². The highest BCUT2D eigenvalue weighted by molar-refractivity contribution is 8.18. The highest BCUT2D eigenvalue weighted by Crippen LogP contribution is 2.35. The van der Waals surface area contributed by atoms with Crippen LogP contribution in [0.15, 0.2) is 52.4 Å². The summed E-state index contributed by atoms with van der Waals surface area (Å²) in [7, 11) is 0. The number of rotatable bonds is 4. The second kappa shape index (κ2) is 8.66. The molecule has 0 N–H and O–H groups in total. The molecule has 154 valence electrons. The van der Waals surface area contributed by atoms with Crippen LogP contribution in [0.2, 0.25) is 0 Å². The molecule has 0 radical (unpaired) electrons. The lowest BCUT2D eigenvalue weighted by Crippen LogP contribution is -2.33. The number of nitrogens with zero attached hydrogens (tertiary/aromatic N) is 3. The number of likely N-dealkylation sites (tertiary alicyclic amines) is 1. The first-order valence-electron chi connectivity index (χ1n) is 9.49. The molecule has 0 bridgehead atoms. The molecule has 9 heteroatoms. The largest absolute Gasteiger partial charge is 0.450 e. The van der Waals surface area contributed by atoms with Crippen molar-refractivity contribution in [1.29, 1.82) is 0 Å². The molecule has 0 saturated carbocycles. The predicted octanol–water partition coefficient (Wildman–Crippen LogP) is 4.98. The zero-order chi connectivity index (χ0) is 21.1. The quantitative estimate of drug-likeness (QED) is 0.389. The number of carbonyl (C=O) groups is 1. The van der Waals surface area contributed by atoms with Gasteiger partial charge in [-0.25, -0.2) is 4.39 Å². The van der Waals surface area contributed by atoms with Crippen LogP contribution in [0.25, 0.3) is 6.08 Å². The molecule has 0 spiro atoms. The first-order chi connectivity index (χ1) is 14.5. The minimum Gasteiger partial charge on any atom is -0.450 e. The van der Waals surface area contributed by atoms with Crippen molar-refractivity contribution in [2.24, 2.45) is 4.99 Å². The van der Waals surface area contributed by atoms with Crippen molar-refractivity contribution < 1.29 is 18.8 Å². The van der Waals surface area contributed by atoms with Gasteiger partial charge < -0.3 is 9.64 Å². The lowest BCUT2D eigenvalue weighted by molar-refractivity contribution is -0.385. The van der Waals surface area contributed by atoms with Crippen molar-refractivity contribution in [3.63, 3.8) is 0 Å². The second-order valence-corrected chi connectivity index (χ2v) is 7.91. The number of ether oxygens (including phenoxy) is 1. The SMILES string of the molecule is O=C1N=C(N2CCCCC2)S/C1=C/c1ccc(Oc2ccc(F)cc2)c([N+](=O)[O-])c1. The van der Waals surface area contributed by atoms with Gasteiger partial charge in [-0.2, -0.15) is 4.99 Å². The molecule has 2 aromatic carbocycles. The lowest BCUT2D eigenvalue weighted by atomic mass is 10.1. The van der Waals surface area contributed by atoms with E-state index in [0.29, 0.717) is 15.6 Å². The van der Waals surface area contributed by atoms with Crippen molar-refractivity contribution in [1.82, 2.24) is 4.90 Å². The van der Waals surface area contributed by atoms with Crippen molar-refractivity contribution >= 4 is 34.6 Å². The van der Waals surface area contributed by atoms with Crippen LogP contribution >= 0.6 is 11.8 Å². The molecule has 1 saturated heterocycles. The fourth-order valence-corrected chi connectivity index (χ4v) is 4.22. The Morgan fingerprint density at radius 3 is 2.57 bits per heavy atom. The van der Waals surface area contributed by atoms with Gasteiger partial charge in [0.2, 0.25) is 5.75 Å². The van der Waals surface area contributed by atoms with Crippen LogP contribution in [0.5, 0.6) is 11.5 Å². The van der Waals surface area contributed by atoms with Crippen molar-refractivity contribution in [2.45, 2.75) is 19.3 Å². The molecular weight excluding hydrogens is 409 g/mol. The number of amidine groups is 1. The minimum atomic E-state index is -0.555. The number of hydrogen-bond acceptors (Lipinski definition) is 6. The van der Waals surface area contributed by atoms with Crippen molar-refractivity contribution in [3.8, 4) is 11.5 Å². The zero-order valence-electron chi connectivity index (χ0n) is 15.9. The molecule has 1 fully saturated rings. The van der Waals surface area contributed by atoms with Crippen LogP contribution in [0.4, 0.5) is 10.1 Å². The Labute approximate surface area is 176 Å². The maximum Gasteiger partial charge on any atom is 0.312 e. The standard InChI is InChI=1S/C21H18FN3O4S/c22-15-5-7-16(8-6-15)29-18-9-4-14(12-17(18)25(27)28)13-19-20(26)23-21(30-19)24-10-2-1-3-11-24/h4-9,12-13H,1-3,10-11H2/b19-13+. The van der Waals surface area contributed by atoms with Gasteiger partial charge in [-0.05, 0) is 73.0 Å². The van der Waals surface area contributed by atoms with Gasteiger partial charge in [-0.15, -0.1) is 0 Å². The first-order valence-corrected chi connectivity index (χ1v) is 10.3. The molecule has 2 heterocycles. The number of nitro benzene ring substituents is 1. The number of amides is 1. The van der Waals surface area contributed by atoms with Gasteiger partial charge in [0.05, 0.1) is 9.83 Å². The summed E-state index contributed by atoms with van der Waals surface area (Å²) in [4.78, 5) is 29.9. The monoisotopic (exact) mass is 427 g/mol. The Hall–Kier alpha value is -3.20. The van der Waals surface area contributed by atoms with E-state index in [1.54, 1.807) is 12.1 Å². The summed E-state index contributed by atoms with van der Waals surface area (Å²) in [6.07, 6.45) is 4.94. The van der Waals surface area contributed by atoms with Gasteiger partial charge in [0, 0.05) is 19.2 Å². The van der Waals surface area contributed by atoms with E-state index < -0.39 is 10.7 Å². The van der Waals surface area contributed by atoms with Gasteiger partial charge >= 0.3 is 5.69 Å². The number of halogens is 1. The summed E-state index contributed by atoms with van der Waals surface area (Å²) < 4.78 is 18.6. The van der Waals surface area contributed by atoms with Gasteiger partial charge in [-0.1, -0.05) is 6.07 Å². The second-order valence-electron chi connectivity index (χ2n) is 6.90. The minimum absolute atomic E-state index is 0.0319. The topological polar surface area (TPSA) is 85.0 Å². The van der Waals surface area contributed by atoms with E-state index in [1.165, 1.54) is 54.6 Å². The van der Waals surface area contributed by atoms with Crippen LogP contribution < -0.4 is 4.74 Å². The van der Waals surface area contributed by atoms with Crippen LogP contribution in [-0.4, -0.2) is 34.0 Å². The van der Waals surface area contributed by atoms with Crippen molar-refractivity contribution in [2.75, 3.05) is 13.1 Å². The van der Waals surface area contributed by atoms with E-state index in [4.69, 9.17) is 4.74 Å². The van der Waals surface area contributed by atoms with E-state index in [2.05, 4.69) is 9.89 Å². The Kier molecular flexibility index (Phi) is 5.80. The van der Waals surface area contributed by atoms with E-state index in [-0.39, 0.29) is 23.1 Å². The number of nitro groups is 1. The molecule has 30 heavy (non-hydrogen) atoms. The summed E-state index contributed by atoms with van der Waals surface area (Å²) in [5, 5.41) is 12.2. The molecule has 7 nitrogen and oxygen atoms in total. The molecule has 0 unspecified atom stereocenters. The average molecular weight is 427 g/mol. The highest BCUT2D eigenvalue weighted by Gasteiger charge is 2.27. The Morgan fingerprint density at radius 1 is 1.13 bits per heavy atom. The number of carbonyl (C=O) groups excluding carboxylic acids is 1. The third-order valence-corrected chi connectivity index (χ3v) is 5.80. The molecule has 2 aliphatic rings. The van der Waals surface area contributed by atoms with Crippen molar-refractivity contribution in [3.05, 3.63) is 68.9 Å². The fraction of sp³-hybridized carbons (Fsp3) is 0.238. The van der Waals surface area contributed by atoms with Gasteiger partial charge in [0.15, 0.2) is 5.17 Å². The van der Waals surface area contributed by atoms with E-state index in [1.807, 2.05) is 0 Å². The van der Waals surface area contributed by atoms with Crippen LogP contribution in [0, 0.1) is 15.9 Å². The number of piperidine rings is 1. The Balaban J connectivity index is 1.55. The Bertz CT molecular complexity index is 1050. The predicted molar refractivity (Wildman–Crippen MR) is 113 cm³/mol. The van der Waals surface area contributed by atoms with Gasteiger partial charge in [-0.3, -0.25) is 14.9 Å². The molecule has 0 atom stereocenters. The molecule has 2 aliphatic heterocycles.